The van der Waals surface area contributed by atoms with Crippen molar-refractivity contribution in [1.29, 1.82) is 5.26 Å². The van der Waals surface area contributed by atoms with Crippen molar-refractivity contribution in [1.82, 2.24) is 0 Å². The van der Waals surface area contributed by atoms with Gasteiger partial charge in [0, 0.05) is 12.1 Å². The number of ether oxygens (including phenoxy) is 1. The van der Waals surface area contributed by atoms with E-state index < -0.39 is 5.91 Å². The number of halogens is 1. The molecule has 1 N–H and O–H groups in total. The molecule has 0 atom stereocenters. The third kappa shape index (κ3) is 5.80. The fraction of sp³-hybridized carbons (Fsp3) is 0.154. The summed E-state index contributed by atoms with van der Waals surface area (Å²) < 4.78 is 18.9. The summed E-state index contributed by atoms with van der Waals surface area (Å²) in [7, 11) is 1.55. The predicted octanol–water partition coefficient (Wildman–Crippen LogP) is 5.53. The van der Waals surface area contributed by atoms with Crippen LogP contribution in [-0.4, -0.2) is 13.0 Å². The number of hydrogen-bond donors (Lipinski definition) is 1. The van der Waals surface area contributed by atoms with Gasteiger partial charge in [-0.15, -0.1) is 0 Å². The first-order valence-corrected chi connectivity index (χ1v) is 9.95. The Morgan fingerprint density at radius 2 is 1.87 bits per heavy atom. The van der Waals surface area contributed by atoms with Crippen LogP contribution in [-0.2, 0) is 17.6 Å². The van der Waals surface area contributed by atoms with Gasteiger partial charge in [0.25, 0.3) is 5.91 Å². The molecule has 31 heavy (non-hydrogen) atoms. The number of benzene rings is 3. The number of nitrogens with zero attached hydrogens (tertiary/aromatic N) is 1. The van der Waals surface area contributed by atoms with E-state index >= 15 is 0 Å². The second-order valence-electron chi connectivity index (χ2n) is 7.05. The second kappa shape index (κ2) is 10.2. The van der Waals surface area contributed by atoms with Gasteiger partial charge in [-0.1, -0.05) is 43.3 Å². The molecule has 0 radical (unpaired) electrons. The number of hydrogen-bond acceptors (Lipinski definition) is 3. The zero-order chi connectivity index (χ0) is 22.2. The van der Waals surface area contributed by atoms with Crippen molar-refractivity contribution in [2.45, 2.75) is 19.8 Å². The molecule has 0 saturated carbocycles. The molecule has 3 aromatic carbocycles. The molecule has 0 fully saturated rings. The maximum absolute atomic E-state index is 13.5. The molecule has 1 amide bonds. The summed E-state index contributed by atoms with van der Waals surface area (Å²) in [6.07, 6.45) is 2.93. The van der Waals surface area contributed by atoms with Crippen LogP contribution < -0.4 is 10.1 Å². The molecule has 0 aromatic heterocycles. The largest absolute Gasteiger partial charge is 0.496 e. The number of nitriles is 1. The normalized spacial score (nSPS) is 11.0. The summed E-state index contributed by atoms with van der Waals surface area (Å²) in [4.78, 5) is 12.5. The number of anilines is 1. The number of amides is 1. The Bertz CT molecular complexity index is 1140. The van der Waals surface area contributed by atoms with Crippen LogP contribution in [0.15, 0.2) is 72.3 Å². The minimum atomic E-state index is -0.477. The molecule has 4 nitrogen and oxygen atoms in total. The summed E-state index contributed by atoms with van der Waals surface area (Å²) >= 11 is 0. The van der Waals surface area contributed by atoms with Gasteiger partial charge in [0.05, 0.1) is 7.11 Å². The predicted molar refractivity (Wildman–Crippen MR) is 120 cm³/mol. The Labute approximate surface area is 181 Å². The standard InChI is InChI=1S/C26H23FN2O2/c1-3-18-8-11-24(12-9-18)29-26(30)22(17-28)14-20-7-10-21(25(16-20)31-2)13-19-5-4-6-23(27)15-19/h4-12,14-16H,3,13H2,1-2H3,(H,29,30)/b22-14+. The monoisotopic (exact) mass is 414 g/mol. The zero-order valence-corrected chi connectivity index (χ0v) is 17.5. The smallest absolute Gasteiger partial charge is 0.266 e. The fourth-order valence-corrected chi connectivity index (χ4v) is 3.20. The minimum absolute atomic E-state index is 0.0144. The Kier molecular flexibility index (Phi) is 7.18. The van der Waals surface area contributed by atoms with Crippen molar-refractivity contribution in [3.63, 3.8) is 0 Å². The molecule has 0 aliphatic heterocycles. The van der Waals surface area contributed by atoms with Crippen LogP contribution in [0.2, 0.25) is 0 Å². The van der Waals surface area contributed by atoms with Crippen LogP contribution in [0.5, 0.6) is 5.75 Å². The summed E-state index contributed by atoms with van der Waals surface area (Å²) in [5.41, 5.74) is 4.15. The van der Waals surface area contributed by atoms with E-state index in [2.05, 4.69) is 12.2 Å². The van der Waals surface area contributed by atoms with Crippen LogP contribution in [0.1, 0.15) is 29.2 Å². The average Bonchev–Trinajstić information content (AvgIpc) is 2.78. The zero-order valence-electron chi connectivity index (χ0n) is 17.5. The van der Waals surface area contributed by atoms with Gasteiger partial charge in [-0.2, -0.15) is 5.26 Å². The van der Waals surface area contributed by atoms with Gasteiger partial charge in [0.2, 0.25) is 0 Å². The lowest BCUT2D eigenvalue weighted by molar-refractivity contribution is -0.112. The average molecular weight is 414 g/mol. The van der Waals surface area contributed by atoms with E-state index in [1.165, 1.54) is 23.8 Å². The number of aryl methyl sites for hydroxylation is 1. The Balaban J connectivity index is 1.79. The van der Waals surface area contributed by atoms with E-state index in [0.717, 1.165) is 17.5 Å². The number of carbonyl (C=O) groups is 1. The van der Waals surface area contributed by atoms with Crippen molar-refractivity contribution in [2.24, 2.45) is 0 Å². The first-order valence-electron chi connectivity index (χ1n) is 9.95. The molecule has 0 aliphatic carbocycles. The quantitative estimate of drug-likeness (QED) is 0.408. The maximum Gasteiger partial charge on any atom is 0.266 e. The highest BCUT2D eigenvalue weighted by Crippen LogP contribution is 2.25. The van der Waals surface area contributed by atoms with E-state index in [0.29, 0.717) is 23.4 Å². The highest BCUT2D eigenvalue weighted by atomic mass is 19.1. The molecule has 0 aliphatic rings. The molecular weight excluding hydrogens is 391 g/mol. The van der Waals surface area contributed by atoms with E-state index in [1.807, 2.05) is 42.5 Å². The summed E-state index contributed by atoms with van der Waals surface area (Å²) in [5.74, 6) is -0.162. The minimum Gasteiger partial charge on any atom is -0.496 e. The molecule has 3 rings (SSSR count). The lowest BCUT2D eigenvalue weighted by atomic mass is 10.0. The van der Waals surface area contributed by atoms with Crippen molar-refractivity contribution >= 4 is 17.7 Å². The van der Waals surface area contributed by atoms with Crippen molar-refractivity contribution < 1.29 is 13.9 Å². The summed E-state index contributed by atoms with van der Waals surface area (Å²) in [6, 6.07) is 21.3. The Morgan fingerprint density at radius 3 is 2.52 bits per heavy atom. The first-order chi connectivity index (χ1) is 15.0. The maximum atomic E-state index is 13.5. The lowest BCUT2D eigenvalue weighted by Crippen LogP contribution is -2.13. The van der Waals surface area contributed by atoms with Gasteiger partial charge < -0.3 is 10.1 Å². The third-order valence-electron chi connectivity index (χ3n) is 4.89. The third-order valence-corrected chi connectivity index (χ3v) is 4.89. The number of carbonyl (C=O) groups excluding carboxylic acids is 1. The van der Waals surface area contributed by atoms with E-state index in [4.69, 9.17) is 4.74 Å². The van der Waals surface area contributed by atoms with Crippen molar-refractivity contribution in [3.8, 4) is 11.8 Å². The highest BCUT2D eigenvalue weighted by Gasteiger charge is 2.11. The molecule has 0 saturated heterocycles. The molecule has 0 unspecified atom stereocenters. The van der Waals surface area contributed by atoms with Gasteiger partial charge >= 0.3 is 0 Å². The van der Waals surface area contributed by atoms with Gasteiger partial charge in [-0.3, -0.25) is 4.79 Å². The SMILES string of the molecule is CCc1ccc(NC(=O)/C(C#N)=C/c2ccc(Cc3cccc(F)c3)c(OC)c2)cc1. The van der Waals surface area contributed by atoms with Crippen molar-refractivity contribution in [2.75, 3.05) is 12.4 Å². The molecular formula is C26H23FN2O2. The van der Waals surface area contributed by atoms with E-state index in [1.54, 1.807) is 25.3 Å². The molecule has 3 aromatic rings. The highest BCUT2D eigenvalue weighted by molar-refractivity contribution is 6.09. The van der Waals surface area contributed by atoms with Gasteiger partial charge in [-0.05, 0) is 65.1 Å². The Hall–Kier alpha value is -3.91. The topological polar surface area (TPSA) is 62.1 Å². The summed E-state index contributed by atoms with van der Waals surface area (Å²) in [5, 5.41) is 12.2. The second-order valence-corrected chi connectivity index (χ2v) is 7.05. The number of nitrogens with one attached hydrogen (secondary N) is 1. The molecule has 5 heteroatoms. The number of rotatable bonds is 7. The lowest BCUT2D eigenvalue weighted by Gasteiger charge is -2.10. The van der Waals surface area contributed by atoms with Crippen LogP contribution in [0, 0.1) is 17.1 Å². The Morgan fingerprint density at radius 1 is 1.10 bits per heavy atom. The van der Waals surface area contributed by atoms with Crippen molar-refractivity contribution in [3.05, 3.63) is 100 Å². The first kappa shape index (κ1) is 21.8. The molecule has 0 bridgehead atoms. The van der Waals surface area contributed by atoms with Gasteiger partial charge in [0.1, 0.15) is 23.2 Å². The molecule has 156 valence electrons. The fourth-order valence-electron chi connectivity index (χ4n) is 3.20. The van der Waals surface area contributed by atoms with Gasteiger partial charge in [-0.25, -0.2) is 4.39 Å². The molecule has 0 heterocycles. The summed E-state index contributed by atoms with van der Waals surface area (Å²) in [6.45, 7) is 2.06. The van der Waals surface area contributed by atoms with E-state index in [9.17, 15) is 14.4 Å². The van der Waals surface area contributed by atoms with Gasteiger partial charge in [0.15, 0.2) is 0 Å². The van der Waals surface area contributed by atoms with Crippen LogP contribution in [0.25, 0.3) is 6.08 Å². The number of methoxy groups -OCH3 is 1. The van der Waals surface area contributed by atoms with Crippen LogP contribution >= 0.6 is 0 Å². The van der Waals surface area contributed by atoms with Crippen LogP contribution in [0.4, 0.5) is 10.1 Å². The van der Waals surface area contributed by atoms with E-state index in [-0.39, 0.29) is 11.4 Å². The van der Waals surface area contributed by atoms with Crippen LogP contribution in [0.3, 0.4) is 0 Å². The molecule has 0 spiro atoms.